The van der Waals surface area contributed by atoms with E-state index < -0.39 is 0 Å². The number of rotatable bonds is 3. The van der Waals surface area contributed by atoms with Crippen molar-refractivity contribution in [3.63, 3.8) is 0 Å². The summed E-state index contributed by atoms with van der Waals surface area (Å²) in [6.07, 6.45) is 2.70. The maximum atomic E-state index is 5.32. The minimum Gasteiger partial charge on any atom is -0.363 e. The minimum absolute atomic E-state index is 0.384. The van der Waals surface area contributed by atoms with Gasteiger partial charge in [-0.2, -0.15) is 0 Å². The molecule has 1 fully saturated rings. The number of ether oxygens (including phenoxy) is 1. The largest absolute Gasteiger partial charge is 0.363 e. The van der Waals surface area contributed by atoms with Gasteiger partial charge in [-0.05, 0) is 12.8 Å². The van der Waals surface area contributed by atoms with E-state index in [9.17, 15) is 0 Å². The maximum absolute atomic E-state index is 5.32. The first-order chi connectivity index (χ1) is 3.93. The lowest BCUT2D eigenvalue weighted by atomic mass is 10.2. The van der Waals surface area contributed by atoms with Crippen LogP contribution in [0.25, 0.3) is 0 Å². The molecule has 1 saturated heterocycles. The van der Waals surface area contributed by atoms with Gasteiger partial charge in [-0.3, -0.25) is 5.32 Å². The monoisotopic (exact) mass is 115 g/mol. The highest BCUT2D eigenvalue weighted by Gasteiger charge is 2.14. The lowest BCUT2D eigenvalue weighted by Crippen LogP contribution is -2.44. The fraction of sp³-hybridized carbons (Fsp3) is 1.00. The van der Waals surface area contributed by atoms with Crippen molar-refractivity contribution in [1.82, 2.24) is 5.32 Å². The van der Waals surface area contributed by atoms with Gasteiger partial charge in [0.15, 0.2) is 0 Å². The summed E-state index contributed by atoms with van der Waals surface area (Å²) in [7, 11) is 0. The van der Waals surface area contributed by atoms with E-state index in [0.29, 0.717) is 6.23 Å². The molecule has 0 radical (unpaired) electrons. The fourth-order valence-corrected chi connectivity index (χ4v) is 0.665. The molecule has 0 aliphatic carbocycles. The van der Waals surface area contributed by atoms with Crippen LogP contribution in [0, 0.1) is 0 Å². The molecule has 1 atom stereocenters. The topological polar surface area (TPSA) is 21.3 Å². The standard InChI is InChI=1S/C6H13NO/c1-2-5-8-6-3-4-7-6/h6-7H,2-5H2,1H3/t6-/m0/s1. The molecule has 0 aromatic rings. The van der Waals surface area contributed by atoms with Gasteiger partial charge in [-0.25, -0.2) is 0 Å². The Kier molecular flexibility index (Phi) is 2.30. The molecule has 0 aromatic heterocycles. The van der Waals surface area contributed by atoms with Crippen LogP contribution in [0.3, 0.4) is 0 Å². The molecule has 48 valence electrons. The van der Waals surface area contributed by atoms with Crippen LogP contribution in [0.2, 0.25) is 0 Å². The number of hydrogen-bond donors (Lipinski definition) is 1. The Hall–Kier alpha value is -0.0800. The van der Waals surface area contributed by atoms with Crippen LogP contribution in [0.4, 0.5) is 0 Å². The lowest BCUT2D eigenvalue weighted by Gasteiger charge is -2.27. The quantitative estimate of drug-likeness (QED) is 0.585. The van der Waals surface area contributed by atoms with Crippen molar-refractivity contribution in [3.05, 3.63) is 0 Å². The highest BCUT2D eigenvalue weighted by molar-refractivity contribution is 4.67. The van der Waals surface area contributed by atoms with Crippen LogP contribution in [-0.2, 0) is 4.74 Å². The van der Waals surface area contributed by atoms with Crippen molar-refractivity contribution < 1.29 is 4.74 Å². The number of nitrogens with one attached hydrogen (secondary N) is 1. The van der Waals surface area contributed by atoms with Crippen molar-refractivity contribution in [2.24, 2.45) is 0 Å². The van der Waals surface area contributed by atoms with Crippen LogP contribution >= 0.6 is 0 Å². The van der Waals surface area contributed by atoms with Gasteiger partial charge in [0.05, 0.1) is 0 Å². The molecule has 0 aromatic carbocycles. The Bertz CT molecular complexity index is 61.5. The zero-order chi connectivity index (χ0) is 5.82. The number of hydrogen-bond acceptors (Lipinski definition) is 2. The van der Waals surface area contributed by atoms with Crippen molar-refractivity contribution in [1.29, 1.82) is 0 Å². The van der Waals surface area contributed by atoms with Crippen LogP contribution in [-0.4, -0.2) is 19.4 Å². The third-order valence-electron chi connectivity index (χ3n) is 1.30. The molecule has 0 bridgehead atoms. The van der Waals surface area contributed by atoms with Gasteiger partial charge >= 0.3 is 0 Å². The Morgan fingerprint density at radius 2 is 2.50 bits per heavy atom. The Balaban J connectivity index is 1.86. The van der Waals surface area contributed by atoms with Gasteiger partial charge in [0.2, 0.25) is 0 Å². The molecule has 2 nitrogen and oxygen atoms in total. The van der Waals surface area contributed by atoms with E-state index in [0.717, 1.165) is 19.6 Å². The SMILES string of the molecule is CCCO[C@H]1CCN1. The third-order valence-corrected chi connectivity index (χ3v) is 1.30. The summed E-state index contributed by atoms with van der Waals surface area (Å²) < 4.78 is 5.32. The highest BCUT2D eigenvalue weighted by atomic mass is 16.5. The van der Waals surface area contributed by atoms with E-state index in [2.05, 4.69) is 12.2 Å². The molecule has 0 amide bonds. The second-order valence-corrected chi connectivity index (χ2v) is 2.10. The predicted molar refractivity (Wildman–Crippen MR) is 32.7 cm³/mol. The summed E-state index contributed by atoms with van der Waals surface area (Å²) in [6, 6.07) is 0. The zero-order valence-electron chi connectivity index (χ0n) is 5.31. The molecule has 0 unspecified atom stereocenters. The first kappa shape index (κ1) is 6.05. The normalized spacial score (nSPS) is 27.4. The summed E-state index contributed by atoms with van der Waals surface area (Å²) in [5.74, 6) is 0. The average Bonchev–Trinajstić information content (AvgIpc) is 1.63. The van der Waals surface area contributed by atoms with Gasteiger partial charge in [-0.1, -0.05) is 6.92 Å². The van der Waals surface area contributed by atoms with Gasteiger partial charge in [-0.15, -0.1) is 0 Å². The van der Waals surface area contributed by atoms with E-state index in [1.54, 1.807) is 0 Å². The molecule has 1 aliphatic heterocycles. The van der Waals surface area contributed by atoms with Crippen molar-refractivity contribution in [2.75, 3.05) is 13.2 Å². The molecule has 1 N–H and O–H groups in total. The molecule has 1 rings (SSSR count). The smallest absolute Gasteiger partial charge is 0.109 e. The molecule has 0 saturated carbocycles. The summed E-state index contributed by atoms with van der Waals surface area (Å²) in [4.78, 5) is 0. The molecule has 0 spiro atoms. The summed E-state index contributed by atoms with van der Waals surface area (Å²) in [5.41, 5.74) is 0. The van der Waals surface area contributed by atoms with Crippen LogP contribution in [0.5, 0.6) is 0 Å². The van der Waals surface area contributed by atoms with Gasteiger partial charge in [0.25, 0.3) is 0 Å². The van der Waals surface area contributed by atoms with Crippen molar-refractivity contribution >= 4 is 0 Å². The molecule has 1 heterocycles. The molecule has 2 heteroatoms. The minimum atomic E-state index is 0.384. The van der Waals surface area contributed by atoms with Gasteiger partial charge in [0, 0.05) is 13.2 Å². The molecule has 8 heavy (non-hydrogen) atoms. The van der Waals surface area contributed by atoms with E-state index in [4.69, 9.17) is 4.74 Å². The fourth-order valence-electron chi connectivity index (χ4n) is 0.665. The molecular weight excluding hydrogens is 102 g/mol. The van der Waals surface area contributed by atoms with Crippen LogP contribution in [0.1, 0.15) is 19.8 Å². The van der Waals surface area contributed by atoms with E-state index in [1.165, 1.54) is 6.42 Å². The second-order valence-electron chi connectivity index (χ2n) is 2.10. The first-order valence-electron chi connectivity index (χ1n) is 3.28. The van der Waals surface area contributed by atoms with Crippen LogP contribution < -0.4 is 5.32 Å². The average molecular weight is 115 g/mol. The van der Waals surface area contributed by atoms with E-state index in [1.807, 2.05) is 0 Å². The summed E-state index contributed by atoms with van der Waals surface area (Å²) in [5, 5.41) is 3.16. The Labute approximate surface area is 50.2 Å². The summed E-state index contributed by atoms with van der Waals surface area (Å²) in [6.45, 7) is 4.16. The molecular formula is C6H13NO. The van der Waals surface area contributed by atoms with E-state index >= 15 is 0 Å². The summed E-state index contributed by atoms with van der Waals surface area (Å²) >= 11 is 0. The molecule has 1 aliphatic rings. The van der Waals surface area contributed by atoms with Gasteiger partial charge in [0.1, 0.15) is 6.23 Å². The zero-order valence-corrected chi connectivity index (χ0v) is 5.31. The van der Waals surface area contributed by atoms with Crippen molar-refractivity contribution in [3.8, 4) is 0 Å². The van der Waals surface area contributed by atoms with Crippen molar-refractivity contribution in [2.45, 2.75) is 26.0 Å². The third kappa shape index (κ3) is 1.46. The lowest BCUT2D eigenvalue weighted by molar-refractivity contribution is -0.0127. The second kappa shape index (κ2) is 3.05. The predicted octanol–water partition coefficient (Wildman–Crippen LogP) is 0.732. The maximum Gasteiger partial charge on any atom is 0.109 e. The Morgan fingerprint density at radius 3 is 2.88 bits per heavy atom. The van der Waals surface area contributed by atoms with Gasteiger partial charge < -0.3 is 4.74 Å². The Morgan fingerprint density at radius 1 is 1.75 bits per heavy atom. The van der Waals surface area contributed by atoms with Crippen LogP contribution in [0.15, 0.2) is 0 Å². The highest BCUT2D eigenvalue weighted by Crippen LogP contribution is 2.02. The first-order valence-corrected chi connectivity index (χ1v) is 3.28. The van der Waals surface area contributed by atoms with E-state index in [-0.39, 0.29) is 0 Å².